The summed E-state index contributed by atoms with van der Waals surface area (Å²) in [7, 11) is 0. The Kier molecular flexibility index (Phi) is 9.50. The standard InChI is InChI=1S/C30H35ClFN3O2.ClH/c1-19(2)33-29(36)18-22-15-21-16-25(37-24-11-13-35(14-12-24)23-5-3-4-6-23)8-10-28(21)34-30(22)20-7-9-27(32)26(31)17-20;/h7-10,15-17,19,23-24H,3-6,11-14,18H2,1-2H3,(H,33,36);1H. The van der Waals surface area contributed by atoms with Crippen molar-refractivity contribution in [2.24, 2.45) is 0 Å². The molecule has 2 aliphatic rings. The Labute approximate surface area is 235 Å². The zero-order chi connectivity index (χ0) is 25.9. The lowest BCUT2D eigenvalue weighted by Gasteiger charge is -2.36. The largest absolute Gasteiger partial charge is 0.490 e. The molecule has 3 aromatic rings. The van der Waals surface area contributed by atoms with Gasteiger partial charge in [0.25, 0.3) is 0 Å². The van der Waals surface area contributed by atoms with Crippen LogP contribution >= 0.6 is 24.0 Å². The van der Waals surface area contributed by atoms with Gasteiger partial charge in [0.1, 0.15) is 17.7 Å². The second-order valence-corrected chi connectivity index (χ2v) is 11.1. The molecule has 0 radical (unpaired) electrons. The number of piperidine rings is 1. The summed E-state index contributed by atoms with van der Waals surface area (Å²) >= 11 is 6.07. The molecule has 8 heteroatoms. The molecule has 1 aromatic heterocycles. The number of likely N-dealkylation sites (tertiary alicyclic amines) is 1. The highest BCUT2D eigenvalue weighted by Crippen LogP contribution is 2.32. The van der Waals surface area contributed by atoms with Gasteiger partial charge in [-0.3, -0.25) is 4.79 Å². The van der Waals surface area contributed by atoms with E-state index in [9.17, 15) is 9.18 Å². The van der Waals surface area contributed by atoms with E-state index in [2.05, 4.69) is 10.2 Å². The van der Waals surface area contributed by atoms with Crippen LogP contribution in [0, 0.1) is 5.82 Å². The molecule has 1 amide bonds. The van der Waals surface area contributed by atoms with Crippen molar-refractivity contribution in [3.8, 4) is 17.0 Å². The van der Waals surface area contributed by atoms with E-state index in [-0.39, 0.29) is 41.9 Å². The molecule has 0 spiro atoms. The van der Waals surface area contributed by atoms with Crippen molar-refractivity contribution < 1.29 is 13.9 Å². The normalized spacial score (nSPS) is 17.1. The number of aromatic nitrogens is 1. The number of rotatable bonds is 7. The third-order valence-electron chi connectivity index (χ3n) is 7.48. The minimum absolute atomic E-state index is 0. The van der Waals surface area contributed by atoms with Crippen LogP contribution < -0.4 is 10.1 Å². The summed E-state index contributed by atoms with van der Waals surface area (Å²) in [6, 6.07) is 13.3. The highest BCUT2D eigenvalue weighted by molar-refractivity contribution is 6.31. The SMILES string of the molecule is CC(C)NC(=O)Cc1cc2cc(OC3CCN(C4CCCC4)CC3)ccc2nc1-c1ccc(F)c(Cl)c1.Cl. The van der Waals surface area contributed by atoms with Crippen molar-refractivity contribution in [1.82, 2.24) is 15.2 Å². The molecule has 1 saturated carbocycles. The summed E-state index contributed by atoms with van der Waals surface area (Å²) in [5.41, 5.74) is 2.85. The fraction of sp³-hybridized carbons (Fsp3) is 0.467. The van der Waals surface area contributed by atoms with E-state index in [0.29, 0.717) is 11.3 Å². The van der Waals surface area contributed by atoms with Crippen LogP contribution in [-0.4, -0.2) is 47.1 Å². The minimum atomic E-state index is -0.485. The van der Waals surface area contributed by atoms with Crippen LogP contribution in [0.4, 0.5) is 4.39 Å². The van der Waals surface area contributed by atoms with E-state index in [1.165, 1.54) is 31.7 Å². The van der Waals surface area contributed by atoms with Crippen molar-refractivity contribution in [1.29, 1.82) is 0 Å². The van der Waals surface area contributed by atoms with Gasteiger partial charge in [0, 0.05) is 36.1 Å². The molecule has 1 aliphatic heterocycles. The summed E-state index contributed by atoms with van der Waals surface area (Å²) in [4.78, 5) is 20.2. The van der Waals surface area contributed by atoms with Gasteiger partial charge >= 0.3 is 0 Å². The van der Waals surface area contributed by atoms with Crippen molar-refractivity contribution in [3.05, 3.63) is 58.9 Å². The number of hydrogen-bond acceptors (Lipinski definition) is 4. The molecule has 0 atom stereocenters. The number of halogens is 3. The minimum Gasteiger partial charge on any atom is -0.490 e. The van der Waals surface area contributed by atoms with Crippen LogP contribution in [0.25, 0.3) is 22.2 Å². The second kappa shape index (κ2) is 12.6. The monoisotopic (exact) mass is 559 g/mol. The third kappa shape index (κ3) is 6.77. The van der Waals surface area contributed by atoms with E-state index in [1.54, 1.807) is 12.1 Å². The maximum atomic E-state index is 13.8. The van der Waals surface area contributed by atoms with Gasteiger partial charge in [-0.25, -0.2) is 9.37 Å². The number of ether oxygens (including phenoxy) is 1. The zero-order valence-electron chi connectivity index (χ0n) is 22.0. The summed E-state index contributed by atoms with van der Waals surface area (Å²) < 4.78 is 20.2. The van der Waals surface area contributed by atoms with Crippen molar-refractivity contribution in [3.63, 3.8) is 0 Å². The lowest BCUT2D eigenvalue weighted by molar-refractivity contribution is -0.120. The van der Waals surface area contributed by atoms with Crippen LogP contribution in [0.3, 0.4) is 0 Å². The van der Waals surface area contributed by atoms with Gasteiger partial charge in [0.05, 0.1) is 22.7 Å². The Morgan fingerprint density at radius 3 is 2.53 bits per heavy atom. The highest BCUT2D eigenvalue weighted by atomic mass is 35.5. The van der Waals surface area contributed by atoms with E-state index in [4.69, 9.17) is 21.3 Å². The molecule has 2 aromatic carbocycles. The van der Waals surface area contributed by atoms with Crippen LogP contribution in [-0.2, 0) is 11.2 Å². The molecular formula is C30H36Cl2FN3O2. The molecule has 5 nitrogen and oxygen atoms in total. The Hall–Kier alpha value is -2.41. The lowest BCUT2D eigenvalue weighted by atomic mass is 10.00. The predicted molar refractivity (Wildman–Crippen MR) is 154 cm³/mol. The molecule has 1 N–H and O–H groups in total. The van der Waals surface area contributed by atoms with Crippen LogP contribution in [0.5, 0.6) is 5.75 Å². The molecule has 1 saturated heterocycles. The molecule has 2 heterocycles. The Morgan fingerprint density at radius 1 is 1.11 bits per heavy atom. The van der Waals surface area contributed by atoms with Gasteiger partial charge in [-0.15, -0.1) is 12.4 Å². The highest BCUT2D eigenvalue weighted by Gasteiger charge is 2.28. The summed E-state index contributed by atoms with van der Waals surface area (Å²) in [6.07, 6.45) is 7.86. The maximum Gasteiger partial charge on any atom is 0.224 e. The predicted octanol–water partition coefficient (Wildman–Crippen LogP) is 6.97. The Morgan fingerprint density at radius 2 is 1.84 bits per heavy atom. The smallest absolute Gasteiger partial charge is 0.224 e. The van der Waals surface area contributed by atoms with Gasteiger partial charge in [0.2, 0.25) is 5.91 Å². The van der Waals surface area contributed by atoms with Crippen LogP contribution in [0.1, 0.15) is 57.9 Å². The number of carbonyl (C=O) groups excluding carboxylic acids is 1. The van der Waals surface area contributed by atoms with Crippen LogP contribution in [0.2, 0.25) is 5.02 Å². The van der Waals surface area contributed by atoms with Gasteiger partial charge < -0.3 is 15.0 Å². The van der Waals surface area contributed by atoms with Gasteiger partial charge in [-0.1, -0.05) is 24.4 Å². The summed E-state index contributed by atoms with van der Waals surface area (Å²) in [6.45, 7) is 6.06. The van der Waals surface area contributed by atoms with E-state index >= 15 is 0 Å². The number of hydrogen-bond donors (Lipinski definition) is 1. The average Bonchev–Trinajstić information content (AvgIpc) is 3.40. The maximum absolute atomic E-state index is 13.8. The number of nitrogens with zero attached hydrogens (tertiary/aromatic N) is 2. The molecule has 5 rings (SSSR count). The number of fused-ring (bicyclic) bond motifs is 1. The molecule has 2 fully saturated rings. The topological polar surface area (TPSA) is 54.5 Å². The third-order valence-corrected chi connectivity index (χ3v) is 7.77. The van der Waals surface area contributed by atoms with Crippen molar-refractivity contribution in [2.75, 3.05) is 13.1 Å². The number of pyridine rings is 1. The van der Waals surface area contributed by atoms with E-state index in [0.717, 1.165) is 54.2 Å². The average molecular weight is 561 g/mol. The first kappa shape index (κ1) is 28.6. The van der Waals surface area contributed by atoms with Crippen molar-refractivity contribution >= 4 is 40.8 Å². The fourth-order valence-electron chi connectivity index (χ4n) is 5.67. The summed E-state index contributed by atoms with van der Waals surface area (Å²) in [5.74, 6) is 0.247. The molecular weight excluding hydrogens is 524 g/mol. The number of nitrogens with one attached hydrogen (secondary N) is 1. The molecule has 0 unspecified atom stereocenters. The van der Waals surface area contributed by atoms with Gasteiger partial charge in [0.15, 0.2) is 0 Å². The fourth-order valence-corrected chi connectivity index (χ4v) is 5.85. The first-order valence-electron chi connectivity index (χ1n) is 13.4. The van der Waals surface area contributed by atoms with Crippen LogP contribution in [0.15, 0.2) is 42.5 Å². The first-order valence-corrected chi connectivity index (χ1v) is 13.8. The quantitative estimate of drug-likeness (QED) is 0.339. The molecule has 0 bridgehead atoms. The Bertz CT molecular complexity index is 1270. The van der Waals surface area contributed by atoms with Gasteiger partial charge in [-0.05, 0) is 87.6 Å². The first-order chi connectivity index (χ1) is 17.9. The van der Waals surface area contributed by atoms with E-state index in [1.807, 2.05) is 38.1 Å². The van der Waals surface area contributed by atoms with Crippen molar-refractivity contribution in [2.45, 2.75) is 77.0 Å². The van der Waals surface area contributed by atoms with Gasteiger partial charge in [-0.2, -0.15) is 0 Å². The second-order valence-electron chi connectivity index (χ2n) is 10.7. The summed E-state index contributed by atoms with van der Waals surface area (Å²) in [5, 5.41) is 3.88. The molecule has 204 valence electrons. The molecule has 1 aliphatic carbocycles. The Balaban J connectivity index is 0.00000336. The molecule has 38 heavy (non-hydrogen) atoms. The lowest BCUT2D eigenvalue weighted by Crippen LogP contribution is -2.43. The van der Waals surface area contributed by atoms with E-state index < -0.39 is 5.82 Å². The number of amides is 1. The number of benzene rings is 2. The number of carbonyl (C=O) groups is 1. The zero-order valence-corrected chi connectivity index (χ0v) is 23.6.